The molecule has 4 heteroatoms. The monoisotopic (exact) mass is 303 g/mol. The highest BCUT2D eigenvalue weighted by Crippen LogP contribution is 2.48. The molecule has 0 aromatic heterocycles. The van der Waals surface area contributed by atoms with Crippen LogP contribution in [0.2, 0.25) is 0 Å². The summed E-state index contributed by atoms with van der Waals surface area (Å²) >= 11 is 0. The number of benzene rings is 1. The van der Waals surface area contributed by atoms with Crippen molar-refractivity contribution in [2.45, 2.75) is 39.5 Å². The second kappa shape index (κ2) is 6.59. The topological polar surface area (TPSA) is 47.6 Å². The lowest BCUT2D eigenvalue weighted by Crippen LogP contribution is -2.27. The van der Waals surface area contributed by atoms with Crippen molar-refractivity contribution in [3.05, 3.63) is 18.2 Å². The van der Waals surface area contributed by atoms with Gasteiger partial charge in [-0.3, -0.25) is 4.79 Å². The van der Waals surface area contributed by atoms with Crippen LogP contribution in [0.1, 0.15) is 39.5 Å². The van der Waals surface area contributed by atoms with E-state index in [1.807, 2.05) is 32.0 Å². The highest BCUT2D eigenvalue weighted by Gasteiger charge is 2.43. The standard InChI is InChI=1S/C18H25NO3/c1-3-21-16-8-7-14(11-17(16)22-4-2)19-18(20)15-10-12-5-6-13(15)9-12/h7-8,11-13,15H,3-6,9-10H2,1-2H3,(H,19,20). The summed E-state index contributed by atoms with van der Waals surface area (Å²) in [6, 6.07) is 5.61. The molecule has 2 bridgehead atoms. The first-order chi connectivity index (χ1) is 10.7. The molecule has 0 heterocycles. The van der Waals surface area contributed by atoms with Crippen molar-refractivity contribution >= 4 is 11.6 Å². The third-order valence-electron chi connectivity index (χ3n) is 4.89. The van der Waals surface area contributed by atoms with E-state index >= 15 is 0 Å². The normalized spacial score (nSPS) is 26.0. The molecule has 120 valence electrons. The number of hydrogen-bond donors (Lipinski definition) is 1. The van der Waals surface area contributed by atoms with E-state index < -0.39 is 0 Å². The molecule has 2 aliphatic rings. The Hall–Kier alpha value is -1.71. The van der Waals surface area contributed by atoms with Crippen molar-refractivity contribution in [3.8, 4) is 11.5 Å². The third-order valence-corrected chi connectivity index (χ3v) is 4.89. The lowest BCUT2D eigenvalue weighted by atomic mass is 9.88. The zero-order valence-corrected chi connectivity index (χ0v) is 13.4. The minimum atomic E-state index is 0.166. The molecule has 0 aliphatic heterocycles. The van der Waals surface area contributed by atoms with E-state index in [1.165, 1.54) is 19.3 Å². The van der Waals surface area contributed by atoms with E-state index in [9.17, 15) is 4.79 Å². The van der Waals surface area contributed by atoms with Gasteiger partial charge in [0.1, 0.15) is 0 Å². The van der Waals surface area contributed by atoms with Gasteiger partial charge in [0.2, 0.25) is 5.91 Å². The summed E-state index contributed by atoms with van der Waals surface area (Å²) < 4.78 is 11.2. The Balaban J connectivity index is 1.69. The maximum atomic E-state index is 12.5. The van der Waals surface area contributed by atoms with Gasteiger partial charge >= 0.3 is 0 Å². The van der Waals surface area contributed by atoms with Gasteiger partial charge in [-0.25, -0.2) is 0 Å². The van der Waals surface area contributed by atoms with Crippen LogP contribution in [0.15, 0.2) is 18.2 Å². The molecule has 2 fully saturated rings. The van der Waals surface area contributed by atoms with Gasteiger partial charge in [-0.05, 0) is 57.1 Å². The number of rotatable bonds is 6. The van der Waals surface area contributed by atoms with Gasteiger partial charge in [-0.2, -0.15) is 0 Å². The number of amides is 1. The van der Waals surface area contributed by atoms with E-state index in [-0.39, 0.29) is 11.8 Å². The van der Waals surface area contributed by atoms with Gasteiger partial charge < -0.3 is 14.8 Å². The smallest absolute Gasteiger partial charge is 0.227 e. The number of carbonyl (C=O) groups is 1. The maximum absolute atomic E-state index is 12.5. The quantitative estimate of drug-likeness (QED) is 0.868. The summed E-state index contributed by atoms with van der Waals surface area (Å²) in [4.78, 5) is 12.5. The molecule has 4 nitrogen and oxygen atoms in total. The molecule has 1 aromatic carbocycles. The van der Waals surface area contributed by atoms with Crippen LogP contribution in [0.3, 0.4) is 0 Å². The minimum absolute atomic E-state index is 0.166. The van der Waals surface area contributed by atoms with Crippen LogP contribution < -0.4 is 14.8 Å². The number of nitrogens with one attached hydrogen (secondary N) is 1. The summed E-state index contributed by atoms with van der Waals surface area (Å²) in [5.41, 5.74) is 0.791. The molecule has 3 unspecified atom stereocenters. The zero-order valence-electron chi connectivity index (χ0n) is 13.4. The van der Waals surface area contributed by atoms with E-state index in [1.54, 1.807) is 0 Å². The molecule has 1 aromatic rings. The first-order valence-corrected chi connectivity index (χ1v) is 8.41. The predicted molar refractivity (Wildman–Crippen MR) is 86.3 cm³/mol. The highest BCUT2D eigenvalue weighted by molar-refractivity contribution is 5.93. The number of ether oxygens (including phenoxy) is 2. The van der Waals surface area contributed by atoms with E-state index in [0.717, 1.165) is 23.8 Å². The van der Waals surface area contributed by atoms with Crippen LogP contribution in [-0.4, -0.2) is 19.1 Å². The summed E-state index contributed by atoms with van der Waals surface area (Å²) in [7, 11) is 0. The minimum Gasteiger partial charge on any atom is -0.490 e. The maximum Gasteiger partial charge on any atom is 0.227 e. The van der Waals surface area contributed by atoms with Crippen molar-refractivity contribution in [2.24, 2.45) is 17.8 Å². The van der Waals surface area contributed by atoms with Gasteiger partial charge in [-0.1, -0.05) is 6.42 Å². The van der Waals surface area contributed by atoms with Gasteiger partial charge in [0, 0.05) is 17.7 Å². The van der Waals surface area contributed by atoms with Crippen molar-refractivity contribution in [2.75, 3.05) is 18.5 Å². The summed E-state index contributed by atoms with van der Waals surface area (Å²) in [5.74, 6) is 3.15. The number of fused-ring (bicyclic) bond motifs is 2. The number of carbonyl (C=O) groups excluding carboxylic acids is 1. The highest BCUT2D eigenvalue weighted by atomic mass is 16.5. The van der Waals surface area contributed by atoms with Gasteiger partial charge in [0.15, 0.2) is 11.5 Å². The number of anilines is 1. The molecule has 3 atom stereocenters. The second-order valence-corrected chi connectivity index (χ2v) is 6.30. The van der Waals surface area contributed by atoms with E-state index in [0.29, 0.717) is 24.9 Å². The van der Waals surface area contributed by atoms with Gasteiger partial charge in [0.05, 0.1) is 13.2 Å². The molecule has 1 N–H and O–H groups in total. The molecule has 3 rings (SSSR count). The fourth-order valence-electron chi connectivity index (χ4n) is 3.93. The summed E-state index contributed by atoms with van der Waals surface area (Å²) in [5, 5.41) is 3.06. The first-order valence-electron chi connectivity index (χ1n) is 8.41. The molecular formula is C18H25NO3. The summed E-state index contributed by atoms with van der Waals surface area (Å²) in [6.07, 6.45) is 4.83. The average molecular weight is 303 g/mol. The average Bonchev–Trinajstić information content (AvgIpc) is 3.13. The van der Waals surface area contributed by atoms with Crippen molar-refractivity contribution in [1.29, 1.82) is 0 Å². The van der Waals surface area contributed by atoms with Crippen molar-refractivity contribution in [1.82, 2.24) is 0 Å². The Morgan fingerprint density at radius 2 is 1.91 bits per heavy atom. The van der Waals surface area contributed by atoms with Crippen molar-refractivity contribution < 1.29 is 14.3 Å². The third kappa shape index (κ3) is 3.06. The van der Waals surface area contributed by atoms with Crippen LogP contribution in [0, 0.1) is 17.8 Å². The molecule has 1 amide bonds. The Labute approximate surface area is 132 Å². The second-order valence-electron chi connectivity index (χ2n) is 6.30. The molecule has 22 heavy (non-hydrogen) atoms. The van der Waals surface area contributed by atoms with Crippen LogP contribution >= 0.6 is 0 Å². The molecule has 0 saturated heterocycles. The van der Waals surface area contributed by atoms with E-state index in [2.05, 4.69) is 5.32 Å². The lowest BCUT2D eigenvalue weighted by Gasteiger charge is -2.21. The lowest BCUT2D eigenvalue weighted by molar-refractivity contribution is -0.121. The fourth-order valence-corrected chi connectivity index (χ4v) is 3.93. The first kappa shape index (κ1) is 15.2. The Morgan fingerprint density at radius 1 is 1.14 bits per heavy atom. The summed E-state index contributed by atoms with van der Waals surface area (Å²) in [6.45, 7) is 5.05. The fraction of sp³-hybridized carbons (Fsp3) is 0.611. The Bertz CT molecular complexity index is 543. The molecule has 0 spiro atoms. The van der Waals surface area contributed by atoms with Gasteiger partial charge in [0.25, 0.3) is 0 Å². The van der Waals surface area contributed by atoms with Crippen LogP contribution in [-0.2, 0) is 4.79 Å². The van der Waals surface area contributed by atoms with Crippen LogP contribution in [0.25, 0.3) is 0 Å². The molecular weight excluding hydrogens is 278 g/mol. The number of hydrogen-bond acceptors (Lipinski definition) is 3. The SMILES string of the molecule is CCOc1ccc(NC(=O)C2CC3CCC2C3)cc1OCC. The van der Waals surface area contributed by atoms with Crippen LogP contribution in [0.4, 0.5) is 5.69 Å². The van der Waals surface area contributed by atoms with Crippen LogP contribution in [0.5, 0.6) is 11.5 Å². The molecule has 0 radical (unpaired) electrons. The Kier molecular flexibility index (Phi) is 4.55. The van der Waals surface area contributed by atoms with Crippen molar-refractivity contribution in [3.63, 3.8) is 0 Å². The zero-order chi connectivity index (χ0) is 15.5. The molecule has 2 saturated carbocycles. The Morgan fingerprint density at radius 3 is 2.55 bits per heavy atom. The predicted octanol–water partition coefficient (Wildman–Crippen LogP) is 3.86. The largest absolute Gasteiger partial charge is 0.490 e. The van der Waals surface area contributed by atoms with Gasteiger partial charge in [-0.15, -0.1) is 0 Å². The van der Waals surface area contributed by atoms with E-state index in [4.69, 9.17) is 9.47 Å². The molecule has 2 aliphatic carbocycles.